The minimum atomic E-state index is -0.412. The van der Waals surface area contributed by atoms with Crippen LogP contribution in [0.15, 0.2) is 18.3 Å². The number of hydrogen-bond acceptors (Lipinski definition) is 6. The molecule has 1 aromatic carbocycles. The second kappa shape index (κ2) is 10.0. The van der Waals surface area contributed by atoms with Crippen molar-refractivity contribution >= 4 is 35.0 Å². The zero-order valence-electron chi connectivity index (χ0n) is 18.5. The molecule has 0 saturated carbocycles. The van der Waals surface area contributed by atoms with E-state index in [0.29, 0.717) is 35.4 Å². The van der Waals surface area contributed by atoms with Crippen molar-refractivity contribution in [3.05, 3.63) is 40.3 Å². The first-order valence-corrected chi connectivity index (χ1v) is 11.6. The average molecular weight is 461 g/mol. The van der Waals surface area contributed by atoms with E-state index in [-0.39, 0.29) is 17.7 Å². The average Bonchev–Trinajstić information content (AvgIpc) is 2.97. The summed E-state index contributed by atoms with van der Waals surface area (Å²) in [7, 11) is 2.12. The third-order valence-electron chi connectivity index (χ3n) is 6.35. The standard InChI is InChI=1S/C23H30ClFN6O/c1-14-11-20(18(25)12-16(14)15-6-9-31(2)10-7-15)29-23-27-13-17(24)21(30-23)28-19-5-3-4-8-26-22(19)32/h11-13,15,19H,3-10H2,1-2H3,(H,26,32)(H2,27,28,29,30)/t19-/m1/s1. The molecule has 1 amide bonds. The van der Waals surface area contributed by atoms with Gasteiger partial charge >= 0.3 is 0 Å². The predicted octanol–water partition coefficient (Wildman–Crippen LogP) is 4.21. The number of carbonyl (C=O) groups is 1. The number of carbonyl (C=O) groups excluding carboxylic acids is 1. The highest BCUT2D eigenvalue weighted by Crippen LogP contribution is 2.33. The molecule has 2 aromatic rings. The molecular weight excluding hydrogens is 431 g/mol. The molecule has 4 rings (SSSR count). The highest BCUT2D eigenvalue weighted by molar-refractivity contribution is 6.32. The Morgan fingerprint density at radius 2 is 2.00 bits per heavy atom. The van der Waals surface area contributed by atoms with E-state index in [4.69, 9.17) is 11.6 Å². The van der Waals surface area contributed by atoms with Crippen molar-refractivity contribution in [1.29, 1.82) is 0 Å². The number of rotatable bonds is 5. The molecule has 0 aliphatic carbocycles. The van der Waals surface area contributed by atoms with Crippen LogP contribution in [0.3, 0.4) is 0 Å². The molecule has 3 heterocycles. The van der Waals surface area contributed by atoms with Gasteiger partial charge in [-0.15, -0.1) is 0 Å². The Bertz CT molecular complexity index is 979. The second-order valence-corrected chi connectivity index (χ2v) is 9.17. The van der Waals surface area contributed by atoms with E-state index in [1.807, 2.05) is 13.0 Å². The third-order valence-corrected chi connectivity index (χ3v) is 6.63. The summed E-state index contributed by atoms with van der Waals surface area (Å²) in [6, 6.07) is 3.04. The van der Waals surface area contributed by atoms with Crippen molar-refractivity contribution < 1.29 is 9.18 Å². The van der Waals surface area contributed by atoms with E-state index in [9.17, 15) is 9.18 Å². The highest BCUT2D eigenvalue weighted by atomic mass is 35.5. The summed E-state index contributed by atoms with van der Waals surface area (Å²) < 4.78 is 15.0. The van der Waals surface area contributed by atoms with Crippen LogP contribution >= 0.6 is 11.6 Å². The summed E-state index contributed by atoms with van der Waals surface area (Å²) in [5, 5.41) is 9.28. The number of benzene rings is 1. The molecule has 0 spiro atoms. The Hall–Kier alpha value is -2.45. The number of hydrogen-bond donors (Lipinski definition) is 3. The Labute approximate surface area is 193 Å². The van der Waals surface area contributed by atoms with Crippen LogP contribution in [0.25, 0.3) is 0 Å². The van der Waals surface area contributed by atoms with Crippen LogP contribution in [0.4, 0.5) is 21.8 Å². The fourth-order valence-corrected chi connectivity index (χ4v) is 4.59. The minimum Gasteiger partial charge on any atom is -0.357 e. The summed E-state index contributed by atoms with van der Waals surface area (Å²) in [6.07, 6.45) is 6.09. The van der Waals surface area contributed by atoms with Gasteiger partial charge in [-0.05, 0) is 88.3 Å². The van der Waals surface area contributed by atoms with Gasteiger partial charge in [0, 0.05) is 6.54 Å². The number of aryl methyl sites for hydroxylation is 1. The lowest BCUT2D eigenvalue weighted by Crippen LogP contribution is -2.38. The predicted molar refractivity (Wildman–Crippen MR) is 125 cm³/mol. The molecule has 2 aliphatic heterocycles. The summed E-state index contributed by atoms with van der Waals surface area (Å²) in [4.78, 5) is 23.1. The monoisotopic (exact) mass is 460 g/mol. The topological polar surface area (TPSA) is 82.2 Å². The zero-order chi connectivity index (χ0) is 22.7. The Morgan fingerprint density at radius 3 is 2.78 bits per heavy atom. The molecule has 0 bridgehead atoms. The third kappa shape index (κ3) is 5.30. The first-order chi connectivity index (χ1) is 15.4. The molecular formula is C23H30ClFN6O. The molecule has 2 saturated heterocycles. The fourth-order valence-electron chi connectivity index (χ4n) is 4.44. The number of anilines is 3. The van der Waals surface area contributed by atoms with Gasteiger partial charge in [0.1, 0.15) is 16.9 Å². The number of aromatic nitrogens is 2. The van der Waals surface area contributed by atoms with Crippen LogP contribution in [0.1, 0.15) is 49.1 Å². The lowest BCUT2D eigenvalue weighted by Gasteiger charge is -2.30. The van der Waals surface area contributed by atoms with Crippen molar-refractivity contribution in [2.45, 2.75) is 51.0 Å². The lowest BCUT2D eigenvalue weighted by atomic mass is 9.86. The maximum absolute atomic E-state index is 15.0. The van der Waals surface area contributed by atoms with Crippen molar-refractivity contribution in [3.8, 4) is 0 Å². The van der Waals surface area contributed by atoms with Crippen LogP contribution in [0.2, 0.25) is 5.02 Å². The Morgan fingerprint density at radius 1 is 1.22 bits per heavy atom. The molecule has 172 valence electrons. The molecule has 0 radical (unpaired) electrons. The smallest absolute Gasteiger partial charge is 0.242 e. The van der Waals surface area contributed by atoms with Gasteiger partial charge in [0.25, 0.3) is 0 Å². The molecule has 9 heteroatoms. The summed E-state index contributed by atoms with van der Waals surface area (Å²) in [5.41, 5.74) is 2.44. The number of amides is 1. The number of nitrogens with one attached hydrogen (secondary N) is 3. The Balaban J connectivity index is 1.51. The molecule has 1 aromatic heterocycles. The number of piperidine rings is 1. The van der Waals surface area contributed by atoms with Crippen LogP contribution in [0, 0.1) is 12.7 Å². The largest absolute Gasteiger partial charge is 0.357 e. The maximum Gasteiger partial charge on any atom is 0.242 e. The van der Waals surface area contributed by atoms with Crippen LogP contribution in [0.5, 0.6) is 0 Å². The molecule has 3 N–H and O–H groups in total. The van der Waals surface area contributed by atoms with Gasteiger partial charge in [-0.3, -0.25) is 4.79 Å². The van der Waals surface area contributed by atoms with E-state index < -0.39 is 6.04 Å². The normalized spacial score (nSPS) is 20.5. The van der Waals surface area contributed by atoms with Crippen molar-refractivity contribution in [2.75, 3.05) is 37.3 Å². The van der Waals surface area contributed by atoms with Gasteiger partial charge in [0.15, 0.2) is 5.82 Å². The minimum absolute atomic E-state index is 0.0714. The first kappa shape index (κ1) is 22.7. The van der Waals surface area contributed by atoms with E-state index >= 15 is 0 Å². The molecule has 1 atom stereocenters. The van der Waals surface area contributed by atoms with E-state index in [1.165, 1.54) is 6.20 Å². The molecule has 0 unspecified atom stereocenters. The van der Waals surface area contributed by atoms with E-state index in [1.54, 1.807) is 6.07 Å². The quantitative estimate of drug-likeness (QED) is 0.620. The van der Waals surface area contributed by atoms with Crippen LogP contribution in [-0.2, 0) is 4.79 Å². The van der Waals surface area contributed by atoms with E-state index in [0.717, 1.165) is 49.9 Å². The zero-order valence-corrected chi connectivity index (χ0v) is 19.3. The van der Waals surface area contributed by atoms with Crippen LogP contribution < -0.4 is 16.0 Å². The Kier molecular flexibility index (Phi) is 7.10. The molecule has 2 fully saturated rings. The van der Waals surface area contributed by atoms with Gasteiger partial charge in [-0.1, -0.05) is 11.6 Å². The first-order valence-electron chi connectivity index (χ1n) is 11.2. The van der Waals surface area contributed by atoms with Crippen LogP contribution in [-0.4, -0.2) is 53.5 Å². The maximum atomic E-state index is 15.0. The number of halogens is 2. The summed E-state index contributed by atoms with van der Waals surface area (Å²) in [6.45, 7) is 4.74. The lowest BCUT2D eigenvalue weighted by molar-refractivity contribution is -0.121. The summed E-state index contributed by atoms with van der Waals surface area (Å²) in [5.74, 6) is 0.546. The van der Waals surface area contributed by atoms with Crippen molar-refractivity contribution in [1.82, 2.24) is 20.2 Å². The molecule has 2 aliphatic rings. The van der Waals surface area contributed by atoms with Gasteiger partial charge in [-0.25, -0.2) is 9.37 Å². The summed E-state index contributed by atoms with van der Waals surface area (Å²) >= 11 is 6.26. The fraction of sp³-hybridized carbons (Fsp3) is 0.522. The van der Waals surface area contributed by atoms with Gasteiger partial charge < -0.3 is 20.9 Å². The number of nitrogens with zero attached hydrogens (tertiary/aromatic N) is 3. The SMILES string of the molecule is Cc1cc(Nc2ncc(Cl)c(N[C@@H]3CCCCNC3=O)n2)c(F)cc1C1CCN(C)CC1. The van der Waals surface area contributed by atoms with Gasteiger partial charge in [0.2, 0.25) is 11.9 Å². The van der Waals surface area contributed by atoms with Gasteiger partial charge in [-0.2, -0.15) is 4.98 Å². The number of likely N-dealkylation sites (tertiary alicyclic amines) is 1. The molecule has 32 heavy (non-hydrogen) atoms. The van der Waals surface area contributed by atoms with Crippen molar-refractivity contribution in [2.24, 2.45) is 0 Å². The van der Waals surface area contributed by atoms with Gasteiger partial charge in [0.05, 0.1) is 11.9 Å². The van der Waals surface area contributed by atoms with E-state index in [2.05, 4.69) is 37.9 Å². The second-order valence-electron chi connectivity index (χ2n) is 8.77. The molecule has 7 nitrogen and oxygen atoms in total. The highest BCUT2D eigenvalue weighted by Gasteiger charge is 2.23. The van der Waals surface area contributed by atoms with Crippen molar-refractivity contribution in [3.63, 3.8) is 0 Å².